The first-order valence-electron chi connectivity index (χ1n) is 6.65. The number of carboxylic acid groups (broad SMARTS) is 1. The maximum absolute atomic E-state index is 13.1. The Balaban J connectivity index is 2.28. The number of halogens is 4. The average Bonchev–Trinajstić information content (AvgIpc) is 2.40. The lowest BCUT2D eigenvalue weighted by atomic mass is 9.84. The Hall–Kier alpha value is -1.24. The lowest BCUT2D eigenvalue weighted by Gasteiger charge is -2.31. The van der Waals surface area contributed by atoms with E-state index in [4.69, 9.17) is 0 Å². The van der Waals surface area contributed by atoms with Crippen molar-refractivity contribution in [2.45, 2.75) is 37.9 Å². The summed E-state index contributed by atoms with van der Waals surface area (Å²) in [4.78, 5) is 11.2. The highest BCUT2D eigenvalue weighted by atomic mass is 79.9. The lowest BCUT2D eigenvalue weighted by molar-refractivity contribution is -0.143. The molecule has 1 aliphatic rings. The van der Waals surface area contributed by atoms with E-state index in [-0.39, 0.29) is 5.69 Å². The fourth-order valence-corrected chi connectivity index (χ4v) is 3.04. The van der Waals surface area contributed by atoms with Crippen LogP contribution in [0.1, 0.15) is 31.2 Å². The summed E-state index contributed by atoms with van der Waals surface area (Å²) in [6.45, 7) is 0. The van der Waals surface area contributed by atoms with Crippen LogP contribution in [0.4, 0.5) is 18.9 Å². The standard InChI is InChI=1S/C14H15BrF3NO2/c15-8-5-6-12(10(7-8)14(16,17)18)19-11-4-2-1-3-9(11)13(20)21/h5-7,9,11,19H,1-4H2,(H,20,21). The van der Waals surface area contributed by atoms with Gasteiger partial charge < -0.3 is 10.4 Å². The van der Waals surface area contributed by atoms with Crippen molar-refractivity contribution in [2.24, 2.45) is 5.92 Å². The molecule has 2 N–H and O–H groups in total. The van der Waals surface area contributed by atoms with Gasteiger partial charge in [-0.1, -0.05) is 28.8 Å². The van der Waals surface area contributed by atoms with Gasteiger partial charge in [-0.15, -0.1) is 0 Å². The Labute approximate surface area is 128 Å². The molecule has 0 bridgehead atoms. The minimum atomic E-state index is -4.49. The van der Waals surface area contributed by atoms with Gasteiger partial charge in [0.1, 0.15) is 0 Å². The second-order valence-electron chi connectivity index (χ2n) is 5.17. The molecule has 2 unspecified atom stereocenters. The van der Waals surface area contributed by atoms with E-state index in [2.05, 4.69) is 21.2 Å². The van der Waals surface area contributed by atoms with Gasteiger partial charge in [0.05, 0.1) is 11.5 Å². The van der Waals surface area contributed by atoms with Crippen LogP contribution in [-0.2, 0) is 11.0 Å². The van der Waals surface area contributed by atoms with Crippen LogP contribution in [0.3, 0.4) is 0 Å². The predicted octanol–water partition coefficient (Wildman–Crippen LogP) is 4.52. The van der Waals surface area contributed by atoms with Crippen molar-refractivity contribution in [3.05, 3.63) is 28.2 Å². The highest BCUT2D eigenvalue weighted by Gasteiger charge is 2.36. The van der Waals surface area contributed by atoms with E-state index in [1.165, 1.54) is 12.1 Å². The largest absolute Gasteiger partial charge is 0.481 e. The molecule has 1 aromatic rings. The number of carbonyl (C=O) groups is 1. The smallest absolute Gasteiger partial charge is 0.418 e. The molecule has 0 heterocycles. The van der Waals surface area contributed by atoms with E-state index < -0.39 is 29.7 Å². The second-order valence-corrected chi connectivity index (χ2v) is 6.08. The molecule has 2 rings (SSSR count). The monoisotopic (exact) mass is 365 g/mol. The fraction of sp³-hybridized carbons (Fsp3) is 0.500. The number of aliphatic carboxylic acids is 1. The van der Waals surface area contributed by atoms with Crippen LogP contribution >= 0.6 is 15.9 Å². The van der Waals surface area contributed by atoms with Crippen LogP contribution in [0.5, 0.6) is 0 Å². The van der Waals surface area contributed by atoms with E-state index in [1.54, 1.807) is 0 Å². The molecule has 0 aromatic heterocycles. The quantitative estimate of drug-likeness (QED) is 0.827. The molecule has 3 nitrogen and oxygen atoms in total. The van der Waals surface area contributed by atoms with Crippen molar-refractivity contribution in [1.82, 2.24) is 0 Å². The van der Waals surface area contributed by atoms with Crippen LogP contribution < -0.4 is 5.32 Å². The minimum Gasteiger partial charge on any atom is -0.481 e. The number of carboxylic acids is 1. The Morgan fingerprint density at radius 2 is 1.95 bits per heavy atom. The third-order valence-electron chi connectivity index (χ3n) is 3.71. The van der Waals surface area contributed by atoms with Gasteiger partial charge >= 0.3 is 12.1 Å². The summed E-state index contributed by atoms with van der Waals surface area (Å²) in [7, 11) is 0. The van der Waals surface area contributed by atoms with Crippen LogP contribution in [0.2, 0.25) is 0 Å². The molecule has 21 heavy (non-hydrogen) atoms. The first-order chi connectivity index (χ1) is 9.79. The molecule has 0 spiro atoms. The molecule has 7 heteroatoms. The average molecular weight is 366 g/mol. The van der Waals surface area contributed by atoms with Gasteiger partial charge in [0.25, 0.3) is 0 Å². The minimum absolute atomic E-state index is 0.0659. The zero-order valence-corrected chi connectivity index (χ0v) is 12.7. The summed E-state index contributed by atoms with van der Waals surface area (Å²) >= 11 is 3.03. The van der Waals surface area contributed by atoms with Gasteiger partial charge in [-0.25, -0.2) is 0 Å². The van der Waals surface area contributed by atoms with Crippen LogP contribution in [0.15, 0.2) is 22.7 Å². The highest BCUT2D eigenvalue weighted by molar-refractivity contribution is 9.10. The second kappa shape index (κ2) is 6.25. The number of nitrogens with one attached hydrogen (secondary N) is 1. The van der Waals surface area contributed by atoms with Gasteiger partial charge in [-0.2, -0.15) is 13.2 Å². The molecule has 0 amide bonds. The number of anilines is 1. The van der Waals surface area contributed by atoms with Crippen molar-refractivity contribution in [3.8, 4) is 0 Å². The summed E-state index contributed by atoms with van der Waals surface area (Å²) in [5, 5.41) is 12.0. The molecule has 1 saturated carbocycles. The molecule has 1 aromatic carbocycles. The SMILES string of the molecule is O=C(O)C1CCCCC1Nc1ccc(Br)cc1C(F)(F)F. The Bertz CT molecular complexity index is 533. The molecule has 116 valence electrons. The van der Waals surface area contributed by atoms with Crippen LogP contribution in [-0.4, -0.2) is 17.1 Å². The molecule has 0 aliphatic heterocycles. The van der Waals surface area contributed by atoms with Crippen molar-refractivity contribution >= 4 is 27.6 Å². The van der Waals surface area contributed by atoms with Gasteiger partial charge in [-0.05, 0) is 31.0 Å². The van der Waals surface area contributed by atoms with Crippen LogP contribution in [0.25, 0.3) is 0 Å². The topological polar surface area (TPSA) is 49.3 Å². The van der Waals surface area contributed by atoms with Crippen LogP contribution in [0, 0.1) is 5.92 Å². The normalized spacial score (nSPS) is 22.9. The molecule has 1 fully saturated rings. The fourth-order valence-electron chi connectivity index (χ4n) is 2.68. The molecular weight excluding hydrogens is 351 g/mol. The molecular formula is C14H15BrF3NO2. The molecule has 1 aliphatic carbocycles. The first-order valence-corrected chi connectivity index (χ1v) is 7.44. The predicted molar refractivity (Wildman–Crippen MR) is 76.1 cm³/mol. The number of rotatable bonds is 3. The maximum atomic E-state index is 13.1. The van der Waals surface area contributed by atoms with Gasteiger partial charge in [0.2, 0.25) is 0 Å². The summed E-state index contributed by atoms with van der Waals surface area (Å²) in [5.74, 6) is -1.61. The lowest BCUT2D eigenvalue weighted by Crippen LogP contribution is -2.37. The maximum Gasteiger partial charge on any atom is 0.418 e. The summed E-state index contributed by atoms with van der Waals surface area (Å²) in [6, 6.07) is 3.37. The van der Waals surface area contributed by atoms with Crippen molar-refractivity contribution in [1.29, 1.82) is 0 Å². The molecule has 0 saturated heterocycles. The van der Waals surface area contributed by atoms with Crippen molar-refractivity contribution in [2.75, 3.05) is 5.32 Å². The Kier molecular flexibility index (Phi) is 4.81. The number of hydrogen-bond donors (Lipinski definition) is 2. The van der Waals surface area contributed by atoms with E-state index in [0.717, 1.165) is 18.9 Å². The van der Waals surface area contributed by atoms with E-state index in [1.807, 2.05) is 0 Å². The number of hydrogen-bond acceptors (Lipinski definition) is 2. The third-order valence-corrected chi connectivity index (χ3v) is 4.20. The summed E-state index contributed by atoms with van der Waals surface area (Å²) in [5.41, 5.74) is -0.851. The summed E-state index contributed by atoms with van der Waals surface area (Å²) in [6.07, 6.45) is -1.82. The highest BCUT2D eigenvalue weighted by Crippen LogP contribution is 2.38. The summed E-state index contributed by atoms with van der Waals surface area (Å²) < 4.78 is 39.5. The Morgan fingerprint density at radius 1 is 1.29 bits per heavy atom. The van der Waals surface area contributed by atoms with E-state index in [0.29, 0.717) is 17.3 Å². The molecule has 0 radical (unpaired) electrons. The van der Waals surface area contributed by atoms with Gasteiger partial charge in [-0.3, -0.25) is 4.79 Å². The first kappa shape index (κ1) is 16.1. The van der Waals surface area contributed by atoms with Gasteiger partial charge in [0.15, 0.2) is 0 Å². The zero-order valence-electron chi connectivity index (χ0n) is 11.1. The zero-order chi connectivity index (χ0) is 15.6. The third kappa shape index (κ3) is 3.90. The van der Waals surface area contributed by atoms with Gasteiger partial charge in [0, 0.05) is 16.2 Å². The molecule has 2 atom stereocenters. The number of alkyl halides is 3. The Morgan fingerprint density at radius 3 is 2.57 bits per heavy atom. The van der Waals surface area contributed by atoms with E-state index in [9.17, 15) is 23.1 Å². The number of benzene rings is 1. The van der Waals surface area contributed by atoms with Crippen molar-refractivity contribution in [3.63, 3.8) is 0 Å². The van der Waals surface area contributed by atoms with E-state index >= 15 is 0 Å². The van der Waals surface area contributed by atoms with Crippen molar-refractivity contribution < 1.29 is 23.1 Å².